The first-order chi connectivity index (χ1) is 8.47. The van der Waals surface area contributed by atoms with Crippen LogP contribution < -0.4 is 10.5 Å². The molecule has 0 aliphatic rings. The van der Waals surface area contributed by atoms with Crippen molar-refractivity contribution in [3.05, 3.63) is 28.3 Å². The minimum Gasteiger partial charge on any atom is -0.494 e. The first kappa shape index (κ1) is 15.0. The average molecular weight is 265 g/mol. The highest BCUT2D eigenvalue weighted by atomic mass is 32.1. The van der Waals surface area contributed by atoms with Crippen molar-refractivity contribution in [3.8, 4) is 5.75 Å². The minimum absolute atomic E-state index is 0.605. The van der Waals surface area contributed by atoms with E-state index < -0.39 is 0 Å². The van der Waals surface area contributed by atoms with Gasteiger partial charge in [-0.1, -0.05) is 12.2 Å². The molecule has 0 aliphatic heterocycles. The van der Waals surface area contributed by atoms with Gasteiger partial charge in [0.15, 0.2) is 0 Å². The third-order valence-electron chi connectivity index (χ3n) is 3.36. The molecule has 3 heteroatoms. The van der Waals surface area contributed by atoms with E-state index >= 15 is 0 Å². The second-order valence-corrected chi connectivity index (χ2v) is 5.20. The molecule has 0 heterocycles. The Kier molecular flexibility index (Phi) is 5.60. The fourth-order valence-corrected chi connectivity index (χ4v) is 2.37. The van der Waals surface area contributed by atoms with Crippen LogP contribution >= 0.6 is 12.2 Å². The molecule has 0 unspecified atom stereocenters. The van der Waals surface area contributed by atoms with E-state index in [1.165, 1.54) is 22.3 Å². The molecule has 1 rings (SSSR count). The number of thiocarbonyl (C=S) groups is 1. The maximum Gasteiger partial charge on any atom is 0.122 e. The van der Waals surface area contributed by atoms with Gasteiger partial charge in [-0.05, 0) is 75.3 Å². The summed E-state index contributed by atoms with van der Waals surface area (Å²) in [5, 5.41) is 0. The first-order valence-electron chi connectivity index (χ1n) is 6.48. The third-order valence-corrected chi connectivity index (χ3v) is 3.56. The Labute approximate surface area is 116 Å². The van der Waals surface area contributed by atoms with Gasteiger partial charge in [0.25, 0.3) is 0 Å². The largest absolute Gasteiger partial charge is 0.494 e. The van der Waals surface area contributed by atoms with E-state index in [9.17, 15) is 0 Å². The van der Waals surface area contributed by atoms with Crippen LogP contribution in [0.3, 0.4) is 0 Å². The van der Waals surface area contributed by atoms with E-state index in [-0.39, 0.29) is 0 Å². The molecule has 0 spiro atoms. The SMILES string of the molecule is CCOc1cc(C)c(CCCC(N)=S)c(C)c1C. The van der Waals surface area contributed by atoms with Gasteiger partial charge in [-0.25, -0.2) is 0 Å². The Bertz CT molecular complexity index is 441. The predicted molar refractivity (Wildman–Crippen MR) is 81.5 cm³/mol. The molecule has 100 valence electrons. The monoisotopic (exact) mass is 265 g/mol. The lowest BCUT2D eigenvalue weighted by Gasteiger charge is -2.16. The molecule has 0 amide bonds. The summed E-state index contributed by atoms with van der Waals surface area (Å²) >= 11 is 4.92. The van der Waals surface area contributed by atoms with Gasteiger partial charge >= 0.3 is 0 Å². The number of hydrogen-bond donors (Lipinski definition) is 1. The zero-order chi connectivity index (χ0) is 13.7. The second kappa shape index (κ2) is 6.74. The lowest BCUT2D eigenvalue weighted by molar-refractivity contribution is 0.337. The summed E-state index contributed by atoms with van der Waals surface area (Å²) in [5.74, 6) is 1.01. The second-order valence-electron chi connectivity index (χ2n) is 4.67. The molecule has 0 saturated carbocycles. The molecule has 0 atom stereocenters. The highest BCUT2D eigenvalue weighted by Gasteiger charge is 2.10. The van der Waals surface area contributed by atoms with Crippen molar-refractivity contribution < 1.29 is 4.74 Å². The quantitative estimate of drug-likeness (QED) is 0.798. The van der Waals surface area contributed by atoms with Crippen LogP contribution in [-0.4, -0.2) is 11.6 Å². The van der Waals surface area contributed by atoms with Crippen LogP contribution in [0.2, 0.25) is 0 Å². The topological polar surface area (TPSA) is 35.2 Å². The predicted octanol–water partition coefficient (Wildman–Crippen LogP) is 3.62. The van der Waals surface area contributed by atoms with Crippen molar-refractivity contribution in [2.45, 2.75) is 47.0 Å². The molecule has 0 bridgehead atoms. The summed E-state index contributed by atoms with van der Waals surface area (Å²) in [6.45, 7) is 9.16. The van der Waals surface area contributed by atoms with E-state index in [0.717, 1.165) is 25.0 Å². The Morgan fingerprint density at radius 3 is 2.50 bits per heavy atom. The standard InChI is InChI=1S/C15H23NOS/c1-5-17-14-9-10(2)13(11(3)12(14)4)7-6-8-15(16)18/h9H,5-8H2,1-4H3,(H2,16,18). The average Bonchev–Trinajstić information content (AvgIpc) is 2.30. The van der Waals surface area contributed by atoms with Gasteiger partial charge in [-0.15, -0.1) is 0 Å². The molecule has 1 aromatic carbocycles. The van der Waals surface area contributed by atoms with Gasteiger partial charge < -0.3 is 10.5 Å². The molecule has 0 radical (unpaired) electrons. The van der Waals surface area contributed by atoms with Gasteiger partial charge in [0.05, 0.1) is 11.6 Å². The number of aryl methyl sites for hydroxylation is 1. The summed E-state index contributed by atoms with van der Waals surface area (Å²) in [4.78, 5) is 0.605. The number of benzene rings is 1. The van der Waals surface area contributed by atoms with Crippen molar-refractivity contribution in [2.75, 3.05) is 6.61 Å². The van der Waals surface area contributed by atoms with Gasteiger partial charge in [0.2, 0.25) is 0 Å². The number of hydrogen-bond acceptors (Lipinski definition) is 2. The van der Waals surface area contributed by atoms with E-state index in [2.05, 4.69) is 26.8 Å². The maximum absolute atomic E-state index is 5.66. The normalized spacial score (nSPS) is 10.4. The van der Waals surface area contributed by atoms with Crippen molar-refractivity contribution in [1.29, 1.82) is 0 Å². The van der Waals surface area contributed by atoms with Gasteiger partial charge in [-0.3, -0.25) is 0 Å². The van der Waals surface area contributed by atoms with Crippen LogP contribution in [-0.2, 0) is 6.42 Å². The first-order valence-corrected chi connectivity index (χ1v) is 6.89. The lowest BCUT2D eigenvalue weighted by Crippen LogP contribution is -2.08. The van der Waals surface area contributed by atoms with Crippen molar-refractivity contribution in [3.63, 3.8) is 0 Å². The van der Waals surface area contributed by atoms with Gasteiger partial charge in [0.1, 0.15) is 5.75 Å². The molecule has 0 aromatic heterocycles. The molecule has 18 heavy (non-hydrogen) atoms. The fourth-order valence-electron chi connectivity index (χ4n) is 2.23. The van der Waals surface area contributed by atoms with Crippen molar-refractivity contribution in [2.24, 2.45) is 5.73 Å². The third kappa shape index (κ3) is 3.70. The summed E-state index contributed by atoms with van der Waals surface area (Å²) < 4.78 is 5.66. The number of rotatable bonds is 6. The fraction of sp³-hybridized carbons (Fsp3) is 0.533. The Morgan fingerprint density at radius 2 is 1.94 bits per heavy atom. The summed E-state index contributed by atoms with van der Waals surface area (Å²) in [6, 6.07) is 2.14. The summed E-state index contributed by atoms with van der Waals surface area (Å²) in [6.07, 6.45) is 2.87. The van der Waals surface area contributed by atoms with Crippen LogP contribution in [0.4, 0.5) is 0 Å². The molecule has 0 fully saturated rings. The van der Waals surface area contributed by atoms with E-state index in [1.54, 1.807) is 0 Å². The molecular weight excluding hydrogens is 242 g/mol. The Hall–Kier alpha value is -1.09. The van der Waals surface area contributed by atoms with Crippen LogP contribution in [0.15, 0.2) is 6.07 Å². The molecule has 2 N–H and O–H groups in total. The Morgan fingerprint density at radius 1 is 1.28 bits per heavy atom. The maximum atomic E-state index is 5.66. The van der Waals surface area contributed by atoms with E-state index in [0.29, 0.717) is 11.6 Å². The van der Waals surface area contributed by atoms with Crippen LogP contribution in [0.5, 0.6) is 5.75 Å². The minimum atomic E-state index is 0.605. The summed E-state index contributed by atoms with van der Waals surface area (Å²) in [5.41, 5.74) is 10.8. The van der Waals surface area contributed by atoms with E-state index in [1.807, 2.05) is 6.92 Å². The van der Waals surface area contributed by atoms with Crippen LogP contribution in [0.25, 0.3) is 0 Å². The highest BCUT2D eigenvalue weighted by molar-refractivity contribution is 7.80. The van der Waals surface area contributed by atoms with E-state index in [4.69, 9.17) is 22.7 Å². The van der Waals surface area contributed by atoms with Crippen LogP contribution in [0, 0.1) is 20.8 Å². The molecule has 1 aromatic rings. The number of nitrogens with two attached hydrogens (primary N) is 1. The molecule has 2 nitrogen and oxygen atoms in total. The lowest BCUT2D eigenvalue weighted by atomic mass is 9.93. The smallest absolute Gasteiger partial charge is 0.122 e. The Balaban J connectivity index is 2.92. The zero-order valence-corrected chi connectivity index (χ0v) is 12.6. The molecular formula is C15H23NOS. The molecule has 0 saturated heterocycles. The van der Waals surface area contributed by atoms with Gasteiger partial charge in [0, 0.05) is 0 Å². The van der Waals surface area contributed by atoms with Crippen molar-refractivity contribution in [1.82, 2.24) is 0 Å². The molecule has 0 aliphatic carbocycles. The van der Waals surface area contributed by atoms with Crippen LogP contribution in [0.1, 0.15) is 42.0 Å². The summed E-state index contributed by atoms with van der Waals surface area (Å²) in [7, 11) is 0. The zero-order valence-electron chi connectivity index (χ0n) is 11.8. The van der Waals surface area contributed by atoms with Crippen molar-refractivity contribution >= 4 is 17.2 Å². The van der Waals surface area contributed by atoms with Gasteiger partial charge in [-0.2, -0.15) is 0 Å². The number of ether oxygens (including phenoxy) is 1. The highest BCUT2D eigenvalue weighted by Crippen LogP contribution is 2.28.